The molecule has 7 nitrogen and oxygen atoms in total. The van der Waals surface area contributed by atoms with Gasteiger partial charge in [-0.3, -0.25) is 9.69 Å². The van der Waals surface area contributed by atoms with Crippen molar-refractivity contribution < 1.29 is 14.7 Å². The maximum absolute atomic E-state index is 12.5. The van der Waals surface area contributed by atoms with E-state index in [1.54, 1.807) is 0 Å². The highest BCUT2D eigenvalue weighted by atomic mass is 35.5. The van der Waals surface area contributed by atoms with Crippen molar-refractivity contribution in [3.05, 3.63) is 29.3 Å². The molecule has 148 valence electrons. The van der Waals surface area contributed by atoms with E-state index in [0.717, 1.165) is 36.6 Å². The van der Waals surface area contributed by atoms with Gasteiger partial charge in [-0.15, -0.1) is 0 Å². The number of carbonyl (C=O) groups excluding carboxylic acids is 1. The van der Waals surface area contributed by atoms with Crippen LogP contribution in [0.3, 0.4) is 0 Å². The molecule has 1 aromatic rings. The predicted octanol–water partition coefficient (Wildman–Crippen LogP) is 2.11. The molecule has 1 aliphatic heterocycles. The topological polar surface area (TPSA) is 76.1 Å². The number of aliphatic carboxylic acids is 1. The normalized spacial score (nSPS) is 22.5. The summed E-state index contributed by atoms with van der Waals surface area (Å²) in [5.74, 6) is -0.804. The van der Waals surface area contributed by atoms with Gasteiger partial charge in [0.2, 0.25) is 0 Å². The van der Waals surface area contributed by atoms with E-state index in [-0.39, 0.29) is 24.7 Å². The second-order valence-corrected chi connectivity index (χ2v) is 7.62. The minimum atomic E-state index is -0.804. The molecular weight excluding hydrogens is 368 g/mol. The summed E-state index contributed by atoms with van der Waals surface area (Å²) in [6.45, 7) is 5.65. The van der Waals surface area contributed by atoms with Crippen LogP contribution in [0.15, 0.2) is 24.3 Å². The Hall–Kier alpha value is -1.99. The quantitative estimate of drug-likeness (QED) is 0.772. The molecule has 27 heavy (non-hydrogen) atoms. The Bertz CT molecular complexity index is 673. The Kier molecular flexibility index (Phi) is 6.44. The molecule has 0 radical (unpaired) electrons. The number of anilines is 1. The number of urea groups is 1. The number of rotatable bonds is 6. The molecule has 2 fully saturated rings. The zero-order chi connectivity index (χ0) is 19.4. The SMILES string of the molecule is CCN(CC(=O)O)C1CC(NC(=O)N2CCN(c3cccc(Cl)c3)CC2)C1. The number of piperazine rings is 1. The molecule has 1 saturated carbocycles. The van der Waals surface area contributed by atoms with Crippen molar-refractivity contribution in [3.63, 3.8) is 0 Å². The molecule has 2 N–H and O–H groups in total. The van der Waals surface area contributed by atoms with Crippen molar-refractivity contribution in [2.45, 2.75) is 31.8 Å². The van der Waals surface area contributed by atoms with Gasteiger partial charge in [-0.05, 0) is 37.6 Å². The van der Waals surface area contributed by atoms with Gasteiger partial charge in [0.05, 0.1) is 6.54 Å². The van der Waals surface area contributed by atoms with Crippen molar-refractivity contribution in [3.8, 4) is 0 Å². The molecule has 8 heteroatoms. The zero-order valence-electron chi connectivity index (χ0n) is 15.6. The highest BCUT2D eigenvalue weighted by Crippen LogP contribution is 2.26. The summed E-state index contributed by atoms with van der Waals surface area (Å²) in [6.07, 6.45) is 1.63. The van der Waals surface area contributed by atoms with E-state index in [9.17, 15) is 9.59 Å². The van der Waals surface area contributed by atoms with Crippen LogP contribution < -0.4 is 10.2 Å². The van der Waals surface area contributed by atoms with Gasteiger partial charge in [-0.2, -0.15) is 0 Å². The van der Waals surface area contributed by atoms with Crippen LogP contribution >= 0.6 is 11.6 Å². The van der Waals surface area contributed by atoms with Crippen LogP contribution in [0.4, 0.5) is 10.5 Å². The van der Waals surface area contributed by atoms with E-state index in [1.165, 1.54) is 0 Å². The van der Waals surface area contributed by atoms with Gasteiger partial charge in [-0.25, -0.2) is 4.79 Å². The zero-order valence-corrected chi connectivity index (χ0v) is 16.4. The fraction of sp³-hybridized carbons (Fsp3) is 0.579. The van der Waals surface area contributed by atoms with E-state index in [2.05, 4.69) is 10.2 Å². The van der Waals surface area contributed by atoms with E-state index >= 15 is 0 Å². The first-order valence-electron chi connectivity index (χ1n) is 9.48. The van der Waals surface area contributed by atoms with Crippen LogP contribution in [-0.4, -0.2) is 78.3 Å². The number of hydrogen-bond acceptors (Lipinski definition) is 4. The third kappa shape index (κ3) is 5.05. The van der Waals surface area contributed by atoms with Crippen molar-refractivity contribution >= 4 is 29.3 Å². The Labute approximate surface area is 164 Å². The van der Waals surface area contributed by atoms with Crippen LogP contribution in [0.5, 0.6) is 0 Å². The highest BCUT2D eigenvalue weighted by molar-refractivity contribution is 6.30. The summed E-state index contributed by atoms with van der Waals surface area (Å²) in [5.41, 5.74) is 1.09. The lowest BCUT2D eigenvalue weighted by Gasteiger charge is -2.43. The molecular formula is C19H27ClN4O3. The van der Waals surface area contributed by atoms with Gasteiger partial charge >= 0.3 is 12.0 Å². The molecule has 1 heterocycles. The number of carboxylic acid groups (broad SMARTS) is 1. The molecule has 1 saturated heterocycles. The summed E-state index contributed by atoms with van der Waals surface area (Å²) in [6, 6.07) is 8.14. The van der Waals surface area contributed by atoms with Crippen molar-refractivity contribution in [1.29, 1.82) is 0 Å². The molecule has 0 atom stereocenters. The van der Waals surface area contributed by atoms with E-state index in [0.29, 0.717) is 19.6 Å². The fourth-order valence-electron chi connectivity index (χ4n) is 3.78. The van der Waals surface area contributed by atoms with Gasteiger partial charge in [0.1, 0.15) is 0 Å². The molecule has 2 aliphatic rings. The molecule has 1 aromatic carbocycles. The fourth-order valence-corrected chi connectivity index (χ4v) is 3.97. The number of nitrogens with zero attached hydrogens (tertiary/aromatic N) is 3. The van der Waals surface area contributed by atoms with E-state index < -0.39 is 5.97 Å². The Balaban J connectivity index is 1.41. The number of hydrogen-bond donors (Lipinski definition) is 2. The van der Waals surface area contributed by atoms with Gasteiger partial charge in [0.25, 0.3) is 0 Å². The van der Waals surface area contributed by atoms with Crippen LogP contribution in [-0.2, 0) is 4.79 Å². The molecule has 0 aromatic heterocycles. The average Bonchev–Trinajstić information content (AvgIpc) is 2.62. The average molecular weight is 395 g/mol. The number of carbonyl (C=O) groups is 2. The van der Waals surface area contributed by atoms with Gasteiger partial charge in [0, 0.05) is 49.0 Å². The number of likely N-dealkylation sites (N-methyl/N-ethyl adjacent to an activating group) is 1. The molecule has 0 spiro atoms. The van der Waals surface area contributed by atoms with Gasteiger partial charge in [0.15, 0.2) is 0 Å². The third-order valence-electron chi connectivity index (χ3n) is 5.44. The first kappa shape index (κ1) is 19.8. The number of benzene rings is 1. The lowest BCUT2D eigenvalue weighted by atomic mass is 9.85. The van der Waals surface area contributed by atoms with Gasteiger partial charge < -0.3 is 20.2 Å². The molecule has 1 aliphatic carbocycles. The van der Waals surface area contributed by atoms with Gasteiger partial charge in [-0.1, -0.05) is 24.6 Å². The number of carboxylic acids is 1. The molecule has 0 bridgehead atoms. The van der Waals surface area contributed by atoms with E-state index in [4.69, 9.17) is 16.7 Å². The summed E-state index contributed by atoms with van der Waals surface area (Å²) in [5, 5.41) is 12.8. The summed E-state index contributed by atoms with van der Waals surface area (Å²) >= 11 is 6.06. The molecule has 2 amide bonds. The smallest absolute Gasteiger partial charge is 0.317 e. The van der Waals surface area contributed by atoms with Crippen LogP contribution in [0.2, 0.25) is 5.02 Å². The Morgan fingerprint density at radius 1 is 1.26 bits per heavy atom. The molecule has 0 unspecified atom stereocenters. The number of nitrogens with one attached hydrogen (secondary N) is 1. The second kappa shape index (κ2) is 8.80. The minimum Gasteiger partial charge on any atom is -0.480 e. The van der Waals surface area contributed by atoms with Crippen LogP contribution in [0.25, 0.3) is 0 Å². The minimum absolute atomic E-state index is 0.0227. The number of amides is 2. The predicted molar refractivity (Wildman–Crippen MR) is 105 cm³/mol. The van der Waals surface area contributed by atoms with Crippen molar-refractivity contribution in [2.24, 2.45) is 0 Å². The maximum atomic E-state index is 12.5. The van der Waals surface area contributed by atoms with Crippen molar-refractivity contribution in [1.82, 2.24) is 15.1 Å². The van der Waals surface area contributed by atoms with Crippen LogP contribution in [0.1, 0.15) is 19.8 Å². The van der Waals surface area contributed by atoms with Crippen molar-refractivity contribution in [2.75, 3.05) is 44.2 Å². The third-order valence-corrected chi connectivity index (χ3v) is 5.68. The van der Waals surface area contributed by atoms with E-state index in [1.807, 2.05) is 41.0 Å². The Morgan fingerprint density at radius 2 is 1.96 bits per heavy atom. The standard InChI is InChI=1S/C19H27ClN4O3/c1-2-22(13-18(25)26)17-11-15(12-17)21-19(27)24-8-6-23(7-9-24)16-5-3-4-14(20)10-16/h3-5,10,15,17H,2,6-9,11-13H2,1H3,(H,21,27)(H,25,26). The summed E-state index contributed by atoms with van der Waals surface area (Å²) in [4.78, 5) is 29.4. The lowest BCUT2D eigenvalue weighted by Crippen LogP contribution is -2.59. The summed E-state index contributed by atoms with van der Waals surface area (Å²) in [7, 11) is 0. The first-order valence-corrected chi connectivity index (χ1v) is 9.86. The number of halogens is 1. The maximum Gasteiger partial charge on any atom is 0.317 e. The molecule has 3 rings (SSSR count). The second-order valence-electron chi connectivity index (χ2n) is 7.18. The first-order chi connectivity index (χ1) is 13.0. The highest BCUT2D eigenvalue weighted by Gasteiger charge is 2.35. The largest absolute Gasteiger partial charge is 0.480 e. The monoisotopic (exact) mass is 394 g/mol. The summed E-state index contributed by atoms with van der Waals surface area (Å²) < 4.78 is 0. The Morgan fingerprint density at radius 3 is 2.56 bits per heavy atom. The van der Waals surface area contributed by atoms with Crippen LogP contribution in [0, 0.1) is 0 Å². The lowest BCUT2D eigenvalue weighted by molar-refractivity contribution is -0.139.